The zero-order valence-electron chi connectivity index (χ0n) is 11.1. The number of carbonyl (C=O) groups is 1. The second-order valence-electron chi connectivity index (χ2n) is 4.45. The first-order valence-corrected chi connectivity index (χ1v) is 6.16. The molecule has 1 N–H and O–H groups in total. The van der Waals surface area contributed by atoms with E-state index in [0.717, 1.165) is 36.4 Å². The van der Waals surface area contributed by atoms with E-state index in [0.29, 0.717) is 0 Å². The first-order valence-electron chi connectivity index (χ1n) is 6.16. The molecule has 0 heterocycles. The molecule has 2 nitrogen and oxygen atoms in total. The number of halogens is 4. The molecule has 0 aromatic heterocycles. The molecule has 2 aromatic rings. The SMILES string of the molecule is O=C(O)/C=C/c1ccc(C(F)(F)F)cc1-c1ccccc1F. The monoisotopic (exact) mass is 310 g/mol. The Morgan fingerprint density at radius 2 is 1.73 bits per heavy atom. The van der Waals surface area contributed by atoms with E-state index in [1.807, 2.05) is 0 Å². The largest absolute Gasteiger partial charge is 0.478 e. The van der Waals surface area contributed by atoms with Crippen LogP contribution in [0.4, 0.5) is 17.6 Å². The highest BCUT2D eigenvalue weighted by Gasteiger charge is 2.31. The summed E-state index contributed by atoms with van der Waals surface area (Å²) in [5, 5.41) is 8.63. The molecule has 0 fully saturated rings. The molecule has 0 aliphatic rings. The smallest absolute Gasteiger partial charge is 0.416 e. The minimum atomic E-state index is -4.57. The van der Waals surface area contributed by atoms with Crippen molar-refractivity contribution in [3.05, 3.63) is 65.5 Å². The summed E-state index contributed by atoms with van der Waals surface area (Å²) in [5.41, 5.74) is -0.803. The van der Waals surface area contributed by atoms with Crippen molar-refractivity contribution >= 4 is 12.0 Å². The third-order valence-corrected chi connectivity index (χ3v) is 2.95. The molecule has 6 heteroatoms. The van der Waals surface area contributed by atoms with Crippen LogP contribution in [0.1, 0.15) is 11.1 Å². The van der Waals surface area contributed by atoms with Crippen LogP contribution in [0.25, 0.3) is 17.2 Å². The Balaban J connectivity index is 2.65. The van der Waals surface area contributed by atoms with Crippen LogP contribution < -0.4 is 0 Å². The second-order valence-corrected chi connectivity index (χ2v) is 4.45. The van der Waals surface area contributed by atoms with E-state index in [2.05, 4.69) is 0 Å². The van der Waals surface area contributed by atoms with Crippen molar-refractivity contribution in [3.8, 4) is 11.1 Å². The van der Waals surface area contributed by atoms with Gasteiger partial charge in [0.15, 0.2) is 0 Å². The summed E-state index contributed by atoms with van der Waals surface area (Å²) in [4.78, 5) is 10.6. The van der Waals surface area contributed by atoms with Crippen LogP contribution in [-0.4, -0.2) is 11.1 Å². The fraction of sp³-hybridized carbons (Fsp3) is 0.0625. The molecule has 114 valence electrons. The van der Waals surface area contributed by atoms with Gasteiger partial charge in [-0.05, 0) is 35.4 Å². The quantitative estimate of drug-likeness (QED) is 0.664. The predicted octanol–water partition coefficient (Wildman–Crippen LogP) is 4.61. The third kappa shape index (κ3) is 3.52. The van der Waals surface area contributed by atoms with E-state index in [9.17, 15) is 22.4 Å². The van der Waals surface area contributed by atoms with Gasteiger partial charge in [-0.3, -0.25) is 0 Å². The average Bonchev–Trinajstić information content (AvgIpc) is 2.44. The summed E-state index contributed by atoms with van der Waals surface area (Å²) < 4.78 is 52.3. The number of carboxylic acid groups (broad SMARTS) is 1. The van der Waals surface area contributed by atoms with Gasteiger partial charge in [0.2, 0.25) is 0 Å². The fourth-order valence-electron chi connectivity index (χ4n) is 1.95. The Morgan fingerprint density at radius 3 is 2.32 bits per heavy atom. The molecule has 0 unspecified atom stereocenters. The number of aliphatic carboxylic acids is 1. The van der Waals surface area contributed by atoms with E-state index in [-0.39, 0.29) is 16.7 Å². The van der Waals surface area contributed by atoms with E-state index in [1.165, 1.54) is 18.2 Å². The normalized spacial score (nSPS) is 11.8. The Labute approximate surface area is 123 Å². The molecule has 0 radical (unpaired) electrons. The van der Waals surface area contributed by atoms with Crippen LogP contribution in [0, 0.1) is 5.82 Å². The van der Waals surface area contributed by atoms with Crippen LogP contribution in [0.2, 0.25) is 0 Å². The van der Waals surface area contributed by atoms with Crippen LogP contribution in [0.15, 0.2) is 48.5 Å². The summed E-state index contributed by atoms with van der Waals surface area (Å²) in [6.07, 6.45) is -2.66. The summed E-state index contributed by atoms with van der Waals surface area (Å²) in [5.74, 6) is -1.94. The molecule has 0 spiro atoms. The van der Waals surface area contributed by atoms with Crippen molar-refractivity contribution in [1.82, 2.24) is 0 Å². The molecule has 0 bridgehead atoms. The van der Waals surface area contributed by atoms with Crippen LogP contribution >= 0.6 is 0 Å². The lowest BCUT2D eigenvalue weighted by Gasteiger charge is -2.12. The van der Waals surface area contributed by atoms with Crippen molar-refractivity contribution in [2.75, 3.05) is 0 Å². The number of alkyl halides is 3. The molecular weight excluding hydrogens is 300 g/mol. The Kier molecular flexibility index (Phi) is 4.30. The van der Waals surface area contributed by atoms with Crippen LogP contribution in [0.5, 0.6) is 0 Å². The van der Waals surface area contributed by atoms with Gasteiger partial charge in [0.05, 0.1) is 5.56 Å². The second kappa shape index (κ2) is 6.01. The van der Waals surface area contributed by atoms with E-state index in [1.54, 1.807) is 0 Å². The first kappa shape index (κ1) is 15.8. The van der Waals surface area contributed by atoms with Gasteiger partial charge in [0.1, 0.15) is 5.82 Å². The number of rotatable bonds is 3. The summed E-state index contributed by atoms with van der Waals surface area (Å²) in [6.45, 7) is 0. The van der Waals surface area contributed by atoms with Crippen molar-refractivity contribution < 1.29 is 27.5 Å². The standard InChI is InChI=1S/C16H10F4O2/c17-14-4-2-1-3-12(14)13-9-11(16(18,19)20)7-5-10(13)6-8-15(21)22/h1-9H,(H,21,22)/b8-6+. The van der Waals surface area contributed by atoms with Crippen molar-refractivity contribution in [2.45, 2.75) is 6.18 Å². The molecule has 0 atom stereocenters. The minimum absolute atomic E-state index is 0.0228. The molecule has 0 aliphatic carbocycles. The van der Waals surface area contributed by atoms with Crippen molar-refractivity contribution in [1.29, 1.82) is 0 Å². The topological polar surface area (TPSA) is 37.3 Å². The first-order chi connectivity index (χ1) is 10.3. The maximum absolute atomic E-state index is 13.9. The maximum Gasteiger partial charge on any atom is 0.416 e. The molecule has 2 rings (SSSR count). The van der Waals surface area contributed by atoms with E-state index < -0.39 is 23.5 Å². The van der Waals surface area contributed by atoms with Gasteiger partial charge in [0.25, 0.3) is 0 Å². The molecule has 22 heavy (non-hydrogen) atoms. The lowest BCUT2D eigenvalue weighted by Crippen LogP contribution is -2.05. The zero-order chi connectivity index (χ0) is 16.3. The zero-order valence-corrected chi connectivity index (χ0v) is 11.1. The molecule has 0 saturated heterocycles. The fourth-order valence-corrected chi connectivity index (χ4v) is 1.95. The lowest BCUT2D eigenvalue weighted by molar-refractivity contribution is -0.137. The molecule has 2 aromatic carbocycles. The van der Waals surface area contributed by atoms with Gasteiger partial charge in [-0.25, -0.2) is 9.18 Å². The Morgan fingerprint density at radius 1 is 1.05 bits per heavy atom. The maximum atomic E-state index is 13.9. The highest BCUT2D eigenvalue weighted by Crippen LogP contribution is 2.35. The van der Waals surface area contributed by atoms with Gasteiger partial charge >= 0.3 is 12.1 Å². The summed E-state index contributed by atoms with van der Waals surface area (Å²) >= 11 is 0. The molecular formula is C16H10F4O2. The van der Waals surface area contributed by atoms with Crippen LogP contribution in [-0.2, 0) is 11.0 Å². The number of benzene rings is 2. The Hall–Kier alpha value is -2.63. The van der Waals surface area contributed by atoms with E-state index in [4.69, 9.17) is 5.11 Å². The van der Waals surface area contributed by atoms with Gasteiger partial charge in [-0.15, -0.1) is 0 Å². The number of carboxylic acids is 1. The van der Waals surface area contributed by atoms with Gasteiger partial charge in [-0.2, -0.15) is 13.2 Å². The van der Waals surface area contributed by atoms with Crippen molar-refractivity contribution in [3.63, 3.8) is 0 Å². The summed E-state index contributed by atoms with van der Waals surface area (Å²) in [7, 11) is 0. The van der Waals surface area contributed by atoms with Crippen molar-refractivity contribution in [2.24, 2.45) is 0 Å². The highest BCUT2D eigenvalue weighted by atomic mass is 19.4. The predicted molar refractivity (Wildman–Crippen MR) is 73.5 cm³/mol. The highest BCUT2D eigenvalue weighted by molar-refractivity contribution is 5.88. The number of hydrogen-bond donors (Lipinski definition) is 1. The third-order valence-electron chi connectivity index (χ3n) is 2.95. The molecule has 0 aliphatic heterocycles. The van der Waals surface area contributed by atoms with Gasteiger partial charge < -0.3 is 5.11 Å². The van der Waals surface area contributed by atoms with Gasteiger partial charge in [0, 0.05) is 11.6 Å². The number of hydrogen-bond acceptors (Lipinski definition) is 1. The average molecular weight is 310 g/mol. The molecule has 0 amide bonds. The summed E-state index contributed by atoms with van der Waals surface area (Å²) in [6, 6.07) is 8.11. The van der Waals surface area contributed by atoms with Crippen LogP contribution in [0.3, 0.4) is 0 Å². The van der Waals surface area contributed by atoms with Gasteiger partial charge in [-0.1, -0.05) is 24.3 Å². The molecule has 0 saturated carbocycles. The lowest BCUT2D eigenvalue weighted by atomic mass is 9.96. The Bertz CT molecular complexity index is 733. The van der Waals surface area contributed by atoms with E-state index >= 15 is 0 Å². The minimum Gasteiger partial charge on any atom is -0.478 e.